The molecule has 1 N–H and O–H groups in total. The molecule has 0 atom stereocenters. The smallest absolute Gasteiger partial charge is 0.332 e. The van der Waals surface area contributed by atoms with Crippen LogP contribution in [0.5, 0.6) is 17.2 Å². The van der Waals surface area contributed by atoms with E-state index in [0.29, 0.717) is 59.3 Å². The number of benzene rings is 1. The average molecular weight is 576 g/mol. The van der Waals surface area contributed by atoms with Gasteiger partial charge in [-0.2, -0.15) is 0 Å². The van der Waals surface area contributed by atoms with Crippen molar-refractivity contribution in [1.82, 2.24) is 28.9 Å². The summed E-state index contributed by atoms with van der Waals surface area (Å²) in [6.45, 7) is 1.64. The number of hydrogen-bond donors (Lipinski definition) is 1. The van der Waals surface area contributed by atoms with Crippen molar-refractivity contribution in [3.05, 3.63) is 68.9 Å². The Morgan fingerprint density at radius 2 is 1.70 bits per heavy atom. The van der Waals surface area contributed by atoms with Gasteiger partial charge >= 0.3 is 5.69 Å². The Morgan fingerprint density at radius 1 is 1.03 bits per heavy atom. The maximum atomic E-state index is 12.9. The van der Waals surface area contributed by atoms with Crippen molar-refractivity contribution in [2.45, 2.75) is 6.54 Å². The molecule has 0 unspecified atom stereocenters. The molecule has 12 nitrogen and oxygen atoms in total. The van der Waals surface area contributed by atoms with Gasteiger partial charge in [0.2, 0.25) is 5.75 Å². The molecule has 0 bridgehead atoms. The van der Waals surface area contributed by atoms with Crippen LogP contribution in [0.15, 0.2) is 52.1 Å². The third kappa shape index (κ3) is 5.26. The van der Waals surface area contributed by atoms with Gasteiger partial charge in [0, 0.05) is 45.5 Å². The minimum atomic E-state index is -0.422. The van der Waals surface area contributed by atoms with Gasteiger partial charge in [-0.05, 0) is 18.2 Å². The summed E-state index contributed by atoms with van der Waals surface area (Å²) < 4.78 is 20.1. The van der Waals surface area contributed by atoms with Crippen molar-refractivity contribution in [1.29, 1.82) is 0 Å². The van der Waals surface area contributed by atoms with Crippen LogP contribution in [-0.4, -0.2) is 63.9 Å². The quantitative estimate of drug-likeness (QED) is 0.316. The van der Waals surface area contributed by atoms with Crippen LogP contribution < -0.4 is 47.8 Å². The van der Waals surface area contributed by atoms with Crippen molar-refractivity contribution in [3.8, 4) is 17.2 Å². The predicted octanol–water partition coefficient (Wildman–Crippen LogP) is -2.39. The fourth-order valence-electron chi connectivity index (χ4n) is 4.06. The van der Waals surface area contributed by atoms with Crippen LogP contribution in [-0.2, 0) is 20.6 Å². The Hall–Kier alpha value is -4.00. The van der Waals surface area contributed by atoms with E-state index in [9.17, 15) is 14.4 Å². The molecule has 0 fully saturated rings. The maximum Gasteiger partial charge on any atom is 0.332 e. The highest BCUT2D eigenvalue weighted by atomic mass is 79.9. The van der Waals surface area contributed by atoms with Crippen LogP contribution in [0.1, 0.15) is 10.4 Å². The SMILES string of the molecule is COc1cc(C(=O)NC2=CN(CCn3cnc4c3c(=O)n(C)c(=O)n4C)CC=C2)cc(OC)c1OC.[Br-]. The van der Waals surface area contributed by atoms with E-state index < -0.39 is 11.2 Å². The van der Waals surface area contributed by atoms with Crippen LogP contribution in [0, 0.1) is 0 Å². The highest BCUT2D eigenvalue weighted by Crippen LogP contribution is 2.38. The molecule has 0 saturated heterocycles. The fourth-order valence-corrected chi connectivity index (χ4v) is 4.06. The first kappa shape index (κ1) is 27.6. The minimum Gasteiger partial charge on any atom is -1.00 e. The number of imidazole rings is 1. The van der Waals surface area contributed by atoms with Gasteiger partial charge in [0.1, 0.15) is 0 Å². The summed E-state index contributed by atoms with van der Waals surface area (Å²) in [5.41, 5.74) is 0.853. The largest absolute Gasteiger partial charge is 1.00 e. The number of halogens is 1. The van der Waals surface area contributed by atoms with E-state index in [-0.39, 0.29) is 22.9 Å². The second kappa shape index (κ2) is 11.4. The van der Waals surface area contributed by atoms with Crippen LogP contribution in [0.25, 0.3) is 11.2 Å². The van der Waals surface area contributed by atoms with Crippen LogP contribution in [0.4, 0.5) is 0 Å². The van der Waals surface area contributed by atoms with Crippen LogP contribution in [0.3, 0.4) is 0 Å². The molecule has 3 aromatic rings. The third-order valence-corrected chi connectivity index (χ3v) is 5.99. The highest BCUT2D eigenvalue weighted by molar-refractivity contribution is 5.97. The van der Waals surface area contributed by atoms with E-state index >= 15 is 0 Å². The molecule has 1 aliphatic rings. The number of carbonyl (C=O) groups excluding carboxylic acids is 1. The van der Waals surface area contributed by atoms with Crippen molar-refractivity contribution in [3.63, 3.8) is 0 Å². The number of carbonyl (C=O) groups is 1. The summed E-state index contributed by atoms with van der Waals surface area (Å²) in [6, 6.07) is 3.17. The number of allylic oxidation sites excluding steroid dienone is 1. The summed E-state index contributed by atoms with van der Waals surface area (Å²) in [7, 11) is 7.51. The second-order valence-corrected chi connectivity index (χ2v) is 8.17. The Labute approximate surface area is 223 Å². The standard InChI is InChI=1S/C24H28N6O6.BrH/c1-27-21-19(23(32)28(2)24(27)33)30(14-25-21)10-9-29-8-6-7-16(13-29)26-22(31)15-11-17(34-3)20(36-5)18(12-15)35-4;/h6-7,11-14H,8-10H2,1-5H3,(H,26,31);1H/p-1. The molecule has 0 aliphatic carbocycles. The van der Waals surface area contributed by atoms with E-state index in [2.05, 4.69) is 10.3 Å². The Kier molecular flexibility index (Phi) is 8.48. The summed E-state index contributed by atoms with van der Waals surface area (Å²) in [6.07, 6.45) is 7.15. The molecule has 3 heterocycles. The fraction of sp³-hybridized carbons (Fsp3) is 0.333. The lowest BCUT2D eigenvalue weighted by Gasteiger charge is -2.24. The molecule has 1 amide bonds. The summed E-state index contributed by atoms with van der Waals surface area (Å²) in [4.78, 5) is 44.0. The van der Waals surface area contributed by atoms with Gasteiger partial charge < -0.3 is 46.0 Å². The number of nitrogens with zero attached hydrogens (tertiary/aromatic N) is 5. The summed E-state index contributed by atoms with van der Waals surface area (Å²) >= 11 is 0. The molecule has 1 aromatic carbocycles. The van der Waals surface area contributed by atoms with Crippen LogP contribution in [0.2, 0.25) is 0 Å². The zero-order valence-electron chi connectivity index (χ0n) is 21.1. The predicted molar refractivity (Wildman–Crippen MR) is 133 cm³/mol. The number of rotatable bonds is 8. The number of aryl methyl sites for hydroxylation is 1. The Morgan fingerprint density at radius 3 is 2.32 bits per heavy atom. The molecule has 2 aromatic heterocycles. The van der Waals surface area contributed by atoms with E-state index in [0.717, 1.165) is 4.57 Å². The van der Waals surface area contributed by atoms with E-state index in [1.807, 2.05) is 23.3 Å². The lowest BCUT2D eigenvalue weighted by molar-refractivity contribution is -0.0000166. The minimum absolute atomic E-state index is 0. The van der Waals surface area contributed by atoms with Crippen molar-refractivity contribution in [2.75, 3.05) is 34.4 Å². The molecule has 198 valence electrons. The van der Waals surface area contributed by atoms with Gasteiger partial charge in [0.15, 0.2) is 22.7 Å². The van der Waals surface area contributed by atoms with Gasteiger partial charge in [-0.3, -0.25) is 18.7 Å². The monoisotopic (exact) mass is 575 g/mol. The zero-order valence-corrected chi connectivity index (χ0v) is 22.7. The van der Waals surface area contributed by atoms with Gasteiger partial charge in [0.05, 0.1) is 33.4 Å². The molecular weight excluding hydrogens is 548 g/mol. The molecule has 0 spiro atoms. The van der Waals surface area contributed by atoms with Gasteiger partial charge in [0.25, 0.3) is 11.5 Å². The molecule has 4 rings (SSSR count). The number of amides is 1. The molecule has 13 heteroatoms. The number of aromatic nitrogens is 4. The first-order chi connectivity index (χ1) is 17.3. The van der Waals surface area contributed by atoms with Gasteiger partial charge in [-0.1, -0.05) is 6.08 Å². The zero-order chi connectivity index (χ0) is 26.0. The Bertz CT molecular complexity index is 1480. The Balaban J connectivity index is 0.00000380. The molecule has 0 radical (unpaired) electrons. The topological polar surface area (TPSA) is 122 Å². The third-order valence-electron chi connectivity index (χ3n) is 5.99. The molecule has 0 saturated carbocycles. The van der Waals surface area contributed by atoms with Crippen molar-refractivity contribution < 1.29 is 36.0 Å². The molecule has 37 heavy (non-hydrogen) atoms. The first-order valence-corrected chi connectivity index (χ1v) is 11.1. The number of hydrogen-bond acceptors (Lipinski definition) is 8. The van der Waals surface area contributed by atoms with Crippen molar-refractivity contribution in [2.24, 2.45) is 14.1 Å². The number of methoxy groups -OCH3 is 3. The summed E-state index contributed by atoms with van der Waals surface area (Å²) in [5, 5.41) is 2.89. The first-order valence-electron chi connectivity index (χ1n) is 11.1. The van der Waals surface area contributed by atoms with E-state index in [1.165, 1.54) is 32.9 Å². The molecular formula is C24H28BrN6O6-. The highest BCUT2D eigenvalue weighted by Gasteiger charge is 2.19. The lowest BCUT2D eigenvalue weighted by Crippen LogP contribution is -3.00. The number of nitrogens with one attached hydrogen (secondary N) is 1. The van der Waals surface area contributed by atoms with Gasteiger partial charge in [-0.25, -0.2) is 9.78 Å². The van der Waals surface area contributed by atoms with Crippen molar-refractivity contribution >= 4 is 17.1 Å². The van der Waals surface area contributed by atoms with E-state index in [1.54, 1.807) is 30.1 Å². The second-order valence-electron chi connectivity index (χ2n) is 8.17. The van der Waals surface area contributed by atoms with E-state index in [4.69, 9.17) is 14.2 Å². The lowest BCUT2D eigenvalue weighted by atomic mass is 10.1. The van der Waals surface area contributed by atoms with Gasteiger partial charge in [-0.15, -0.1) is 0 Å². The number of fused-ring (bicyclic) bond motifs is 1. The molecule has 1 aliphatic heterocycles. The summed E-state index contributed by atoms with van der Waals surface area (Å²) in [5.74, 6) is 0.833. The van der Waals surface area contributed by atoms with Crippen LogP contribution >= 0.6 is 0 Å². The average Bonchev–Trinajstić information content (AvgIpc) is 3.33. The maximum absolute atomic E-state index is 12.9. The number of ether oxygens (including phenoxy) is 3. The normalized spacial score (nSPS) is 12.7.